The maximum absolute atomic E-state index is 12.5. The zero-order valence-corrected chi connectivity index (χ0v) is 12.8. The van der Waals surface area contributed by atoms with E-state index >= 15 is 0 Å². The molecule has 1 aromatic rings. The molecule has 21 heavy (non-hydrogen) atoms. The Balaban J connectivity index is 2.05. The summed E-state index contributed by atoms with van der Waals surface area (Å²) in [6.07, 6.45) is 1.41. The summed E-state index contributed by atoms with van der Waals surface area (Å²) in [7, 11) is 1.98. The average Bonchev–Trinajstić information content (AvgIpc) is 2.69. The topological polar surface area (TPSA) is 49.4 Å². The van der Waals surface area contributed by atoms with E-state index in [0.29, 0.717) is 12.3 Å². The van der Waals surface area contributed by atoms with Gasteiger partial charge in [0.1, 0.15) is 5.54 Å². The molecule has 0 aliphatic carbocycles. The van der Waals surface area contributed by atoms with Crippen LogP contribution in [-0.2, 0) is 9.59 Å². The number of hydrogen-bond acceptors (Lipinski definition) is 3. The van der Waals surface area contributed by atoms with Gasteiger partial charge < -0.3 is 0 Å². The van der Waals surface area contributed by atoms with E-state index in [1.165, 1.54) is 0 Å². The molecule has 0 radical (unpaired) electrons. The summed E-state index contributed by atoms with van der Waals surface area (Å²) >= 11 is 0. The molecule has 0 saturated carbocycles. The van der Waals surface area contributed by atoms with Crippen LogP contribution >= 0.6 is 0 Å². The maximum Gasteiger partial charge on any atom is 0.247 e. The number of carbonyl (C=O) groups excluding carboxylic acids is 2. The van der Waals surface area contributed by atoms with Gasteiger partial charge in [0.05, 0.1) is 5.92 Å². The average molecular weight is 286 g/mol. The lowest BCUT2D eigenvalue weighted by molar-refractivity contribution is -0.141. The number of likely N-dealkylation sites (N-methyl/N-ethyl adjacent to an activating group) is 1. The third-order valence-electron chi connectivity index (χ3n) is 4.91. The van der Waals surface area contributed by atoms with Crippen molar-refractivity contribution in [1.82, 2.24) is 10.2 Å². The van der Waals surface area contributed by atoms with Gasteiger partial charge in [-0.1, -0.05) is 44.2 Å². The standard InChI is InChI=1S/C17H22N2O2/c1-11(2)9-17-10-13(15(20)18-16(17)21)14(19(17)3)12-7-5-4-6-8-12/h4-8,11,13-14H,9-10H2,1-3H3,(H,18,20,21)/t13-,14-,17-/m1/s1. The molecule has 4 nitrogen and oxygen atoms in total. The SMILES string of the molecule is CC(C)C[C@@]12C[C@@H](C(=O)NC1=O)[C@@H](c1ccccc1)N2C. The van der Waals surface area contributed by atoms with Gasteiger partial charge in [0.25, 0.3) is 0 Å². The first kappa shape index (κ1) is 14.3. The number of amides is 2. The number of imide groups is 1. The van der Waals surface area contributed by atoms with E-state index in [9.17, 15) is 9.59 Å². The molecule has 2 fully saturated rings. The molecule has 2 saturated heterocycles. The van der Waals surface area contributed by atoms with Gasteiger partial charge in [-0.3, -0.25) is 19.8 Å². The Morgan fingerprint density at radius 1 is 1.29 bits per heavy atom. The lowest BCUT2D eigenvalue weighted by atomic mass is 9.80. The molecule has 0 unspecified atom stereocenters. The predicted octanol–water partition coefficient (Wildman–Crippen LogP) is 2.12. The fraction of sp³-hybridized carbons (Fsp3) is 0.529. The van der Waals surface area contributed by atoms with Crippen LogP contribution < -0.4 is 5.32 Å². The van der Waals surface area contributed by atoms with Crippen molar-refractivity contribution in [3.8, 4) is 0 Å². The molecule has 3 rings (SSSR count). The summed E-state index contributed by atoms with van der Waals surface area (Å²) in [6, 6.07) is 10.0. The number of hydrogen-bond donors (Lipinski definition) is 1. The first-order valence-electron chi connectivity index (χ1n) is 7.59. The number of rotatable bonds is 3. The van der Waals surface area contributed by atoms with Gasteiger partial charge in [-0.15, -0.1) is 0 Å². The Hall–Kier alpha value is -1.68. The van der Waals surface area contributed by atoms with E-state index < -0.39 is 5.54 Å². The van der Waals surface area contributed by atoms with Crippen molar-refractivity contribution in [1.29, 1.82) is 0 Å². The maximum atomic E-state index is 12.5. The highest BCUT2D eigenvalue weighted by Crippen LogP contribution is 2.50. The molecular formula is C17H22N2O2. The van der Waals surface area contributed by atoms with Crippen molar-refractivity contribution >= 4 is 11.8 Å². The third kappa shape index (κ3) is 2.09. The van der Waals surface area contributed by atoms with Crippen molar-refractivity contribution in [3.05, 3.63) is 35.9 Å². The van der Waals surface area contributed by atoms with Gasteiger partial charge in [-0.25, -0.2) is 0 Å². The van der Waals surface area contributed by atoms with Gasteiger partial charge in [-0.2, -0.15) is 0 Å². The molecule has 0 aromatic heterocycles. The second kappa shape index (κ2) is 4.95. The van der Waals surface area contributed by atoms with Gasteiger partial charge in [0, 0.05) is 6.04 Å². The minimum atomic E-state index is -0.548. The molecule has 2 amide bonds. The molecule has 4 heteroatoms. The largest absolute Gasteiger partial charge is 0.295 e. The van der Waals surface area contributed by atoms with E-state index in [4.69, 9.17) is 0 Å². The van der Waals surface area contributed by atoms with Crippen LogP contribution in [0.1, 0.15) is 38.3 Å². The van der Waals surface area contributed by atoms with Crippen LogP contribution in [-0.4, -0.2) is 29.3 Å². The van der Waals surface area contributed by atoms with Crippen molar-refractivity contribution in [2.24, 2.45) is 11.8 Å². The van der Waals surface area contributed by atoms with Crippen molar-refractivity contribution in [3.63, 3.8) is 0 Å². The summed E-state index contributed by atoms with van der Waals surface area (Å²) in [6.45, 7) is 4.24. The minimum absolute atomic E-state index is 0.0172. The smallest absolute Gasteiger partial charge is 0.247 e. The number of nitrogens with one attached hydrogen (secondary N) is 1. The highest BCUT2D eigenvalue weighted by atomic mass is 16.2. The van der Waals surface area contributed by atoms with Crippen LogP contribution in [0.5, 0.6) is 0 Å². The summed E-state index contributed by atoms with van der Waals surface area (Å²) < 4.78 is 0. The van der Waals surface area contributed by atoms with E-state index in [1.54, 1.807) is 0 Å². The summed E-state index contributed by atoms with van der Waals surface area (Å²) in [5.41, 5.74) is 0.563. The Kier molecular flexibility index (Phi) is 3.36. The highest BCUT2D eigenvalue weighted by Gasteiger charge is 2.60. The van der Waals surface area contributed by atoms with Crippen molar-refractivity contribution < 1.29 is 9.59 Å². The highest BCUT2D eigenvalue weighted by molar-refractivity contribution is 6.05. The van der Waals surface area contributed by atoms with Crippen LogP contribution in [0, 0.1) is 11.8 Å². The summed E-state index contributed by atoms with van der Waals surface area (Å²) in [5.74, 6) is 0.00592. The van der Waals surface area contributed by atoms with Crippen molar-refractivity contribution in [2.75, 3.05) is 7.05 Å². The molecule has 2 aliphatic rings. The number of fused-ring (bicyclic) bond motifs is 2. The van der Waals surface area contributed by atoms with Crippen LogP contribution in [0.25, 0.3) is 0 Å². The molecule has 3 atom stereocenters. The fourth-order valence-electron chi connectivity index (χ4n) is 4.07. The second-order valence-electron chi connectivity index (χ2n) is 6.72. The lowest BCUT2D eigenvalue weighted by Crippen LogP contribution is -2.58. The third-order valence-corrected chi connectivity index (χ3v) is 4.91. The van der Waals surface area contributed by atoms with Gasteiger partial charge in [0.15, 0.2) is 0 Å². The monoisotopic (exact) mass is 286 g/mol. The number of nitrogens with zero attached hydrogens (tertiary/aromatic N) is 1. The molecule has 1 aromatic carbocycles. The first-order valence-corrected chi connectivity index (χ1v) is 7.59. The number of carbonyl (C=O) groups is 2. The molecule has 2 bridgehead atoms. The van der Waals surface area contributed by atoms with Crippen LogP contribution in [0.3, 0.4) is 0 Å². The number of piperidine rings is 1. The zero-order chi connectivity index (χ0) is 15.2. The quantitative estimate of drug-likeness (QED) is 0.866. The first-order chi connectivity index (χ1) is 9.95. The lowest BCUT2D eigenvalue weighted by Gasteiger charge is -2.38. The molecular weight excluding hydrogens is 264 g/mol. The predicted molar refractivity (Wildman–Crippen MR) is 80.4 cm³/mol. The Bertz CT molecular complexity index is 569. The molecule has 112 valence electrons. The van der Waals surface area contributed by atoms with Gasteiger partial charge >= 0.3 is 0 Å². The van der Waals surface area contributed by atoms with Crippen LogP contribution in [0.4, 0.5) is 0 Å². The summed E-state index contributed by atoms with van der Waals surface area (Å²) in [4.78, 5) is 26.9. The van der Waals surface area contributed by atoms with Gasteiger partial charge in [-0.05, 0) is 31.4 Å². The van der Waals surface area contributed by atoms with Crippen molar-refractivity contribution in [2.45, 2.75) is 38.3 Å². The van der Waals surface area contributed by atoms with Crippen LogP contribution in [0.15, 0.2) is 30.3 Å². The Morgan fingerprint density at radius 2 is 1.95 bits per heavy atom. The molecule has 1 N–H and O–H groups in total. The zero-order valence-electron chi connectivity index (χ0n) is 12.8. The van der Waals surface area contributed by atoms with Gasteiger partial charge in [0.2, 0.25) is 11.8 Å². The second-order valence-corrected chi connectivity index (χ2v) is 6.72. The van der Waals surface area contributed by atoms with E-state index in [2.05, 4.69) is 24.1 Å². The number of benzene rings is 1. The van der Waals surface area contributed by atoms with E-state index in [-0.39, 0.29) is 23.8 Å². The van der Waals surface area contributed by atoms with Crippen LogP contribution in [0.2, 0.25) is 0 Å². The Labute approximate surface area is 125 Å². The molecule has 2 heterocycles. The fourth-order valence-corrected chi connectivity index (χ4v) is 4.07. The Morgan fingerprint density at radius 3 is 2.57 bits per heavy atom. The summed E-state index contributed by atoms with van der Waals surface area (Å²) in [5, 5.41) is 2.60. The normalized spacial score (nSPS) is 32.6. The number of likely N-dealkylation sites (tertiary alicyclic amines) is 1. The van der Waals surface area contributed by atoms with E-state index in [0.717, 1.165) is 12.0 Å². The molecule has 2 aliphatic heterocycles. The molecule has 0 spiro atoms. The van der Waals surface area contributed by atoms with E-state index in [1.807, 2.05) is 37.4 Å². The minimum Gasteiger partial charge on any atom is -0.295 e.